The quantitative estimate of drug-likeness (QED) is 0.800. The van der Waals surface area contributed by atoms with Crippen molar-refractivity contribution in [3.63, 3.8) is 0 Å². The number of aryl methyl sites for hydroxylation is 1. The Balaban J connectivity index is 1.96. The standard InChI is InChI=1S/C17H22O4/c1-2-21-17(8-11-19-12-9-17)16(18)14-7-3-5-13-6-4-10-20-15(13)14/h3,5,7H,2,4,6,8-12H2,1H3. The summed E-state index contributed by atoms with van der Waals surface area (Å²) < 4.78 is 17.1. The van der Waals surface area contributed by atoms with Gasteiger partial charge in [-0.1, -0.05) is 12.1 Å². The van der Waals surface area contributed by atoms with Crippen LogP contribution < -0.4 is 4.74 Å². The molecule has 114 valence electrons. The first-order valence-electron chi connectivity index (χ1n) is 7.78. The van der Waals surface area contributed by atoms with Crippen LogP contribution in [0.5, 0.6) is 5.75 Å². The van der Waals surface area contributed by atoms with E-state index in [4.69, 9.17) is 14.2 Å². The summed E-state index contributed by atoms with van der Waals surface area (Å²) in [5.41, 5.74) is 1.05. The van der Waals surface area contributed by atoms with Gasteiger partial charge in [0.1, 0.15) is 11.4 Å². The fraction of sp³-hybridized carbons (Fsp3) is 0.588. The topological polar surface area (TPSA) is 44.8 Å². The number of hydrogen-bond donors (Lipinski definition) is 0. The predicted molar refractivity (Wildman–Crippen MR) is 79.0 cm³/mol. The summed E-state index contributed by atoms with van der Waals surface area (Å²) in [6.45, 7) is 4.29. The fourth-order valence-electron chi connectivity index (χ4n) is 3.23. The van der Waals surface area contributed by atoms with E-state index in [1.54, 1.807) is 0 Å². The molecule has 2 heterocycles. The number of Topliss-reactive ketones (excluding diaryl/α,β-unsaturated/α-hetero) is 1. The van der Waals surface area contributed by atoms with Crippen LogP contribution in [0.3, 0.4) is 0 Å². The number of rotatable bonds is 4. The van der Waals surface area contributed by atoms with E-state index in [1.807, 2.05) is 25.1 Å². The Labute approximate surface area is 125 Å². The summed E-state index contributed by atoms with van der Waals surface area (Å²) in [6, 6.07) is 5.85. The van der Waals surface area contributed by atoms with Crippen molar-refractivity contribution in [3.05, 3.63) is 29.3 Å². The highest BCUT2D eigenvalue weighted by Crippen LogP contribution is 2.36. The van der Waals surface area contributed by atoms with Gasteiger partial charge in [0.15, 0.2) is 5.78 Å². The first kappa shape index (κ1) is 14.5. The van der Waals surface area contributed by atoms with Crippen LogP contribution in [0.2, 0.25) is 0 Å². The van der Waals surface area contributed by atoms with Crippen LogP contribution in [-0.4, -0.2) is 37.8 Å². The van der Waals surface area contributed by atoms with Gasteiger partial charge in [0, 0.05) is 32.7 Å². The number of fused-ring (bicyclic) bond motifs is 1. The van der Waals surface area contributed by atoms with Crippen molar-refractivity contribution in [2.45, 2.75) is 38.2 Å². The van der Waals surface area contributed by atoms with Crippen LogP contribution in [0, 0.1) is 0 Å². The van der Waals surface area contributed by atoms with E-state index in [0.29, 0.717) is 44.8 Å². The van der Waals surface area contributed by atoms with Crippen LogP contribution in [-0.2, 0) is 15.9 Å². The minimum atomic E-state index is -0.747. The van der Waals surface area contributed by atoms with E-state index in [1.165, 1.54) is 0 Å². The molecule has 1 aromatic rings. The Morgan fingerprint density at radius 1 is 1.29 bits per heavy atom. The van der Waals surface area contributed by atoms with Crippen molar-refractivity contribution in [3.8, 4) is 5.75 Å². The van der Waals surface area contributed by atoms with E-state index in [-0.39, 0.29) is 5.78 Å². The number of ketones is 1. The highest BCUT2D eigenvalue weighted by molar-refractivity contribution is 6.05. The van der Waals surface area contributed by atoms with Crippen molar-refractivity contribution >= 4 is 5.78 Å². The minimum Gasteiger partial charge on any atom is -0.493 e. The fourth-order valence-corrected chi connectivity index (χ4v) is 3.23. The van der Waals surface area contributed by atoms with Crippen molar-refractivity contribution < 1.29 is 19.0 Å². The second-order valence-corrected chi connectivity index (χ2v) is 5.61. The molecule has 1 fully saturated rings. The number of carbonyl (C=O) groups is 1. The highest BCUT2D eigenvalue weighted by Gasteiger charge is 2.42. The molecule has 2 aliphatic heterocycles. The van der Waals surface area contributed by atoms with Crippen molar-refractivity contribution in [2.75, 3.05) is 26.4 Å². The molecule has 3 rings (SSSR count). The molecule has 0 atom stereocenters. The Bertz CT molecular complexity index is 512. The number of ether oxygens (including phenoxy) is 3. The van der Waals surface area contributed by atoms with Crippen LogP contribution in [0.25, 0.3) is 0 Å². The van der Waals surface area contributed by atoms with Crippen LogP contribution in [0.15, 0.2) is 18.2 Å². The third-order valence-electron chi connectivity index (χ3n) is 4.31. The van der Waals surface area contributed by atoms with E-state index >= 15 is 0 Å². The van der Waals surface area contributed by atoms with E-state index in [0.717, 1.165) is 24.2 Å². The van der Waals surface area contributed by atoms with E-state index in [9.17, 15) is 4.79 Å². The van der Waals surface area contributed by atoms with Gasteiger partial charge in [0.2, 0.25) is 0 Å². The molecule has 0 unspecified atom stereocenters. The number of carbonyl (C=O) groups excluding carboxylic acids is 1. The lowest BCUT2D eigenvalue weighted by Gasteiger charge is -2.36. The molecular formula is C17H22O4. The smallest absolute Gasteiger partial charge is 0.198 e. The first-order valence-corrected chi connectivity index (χ1v) is 7.78. The van der Waals surface area contributed by atoms with E-state index in [2.05, 4.69) is 0 Å². The van der Waals surface area contributed by atoms with Crippen molar-refractivity contribution in [1.82, 2.24) is 0 Å². The van der Waals surface area contributed by atoms with Gasteiger partial charge < -0.3 is 14.2 Å². The summed E-state index contributed by atoms with van der Waals surface area (Å²) in [5.74, 6) is 0.811. The molecule has 0 radical (unpaired) electrons. The zero-order valence-electron chi connectivity index (χ0n) is 12.5. The second-order valence-electron chi connectivity index (χ2n) is 5.61. The molecular weight excluding hydrogens is 268 g/mol. The highest BCUT2D eigenvalue weighted by atomic mass is 16.5. The first-order chi connectivity index (χ1) is 10.3. The second kappa shape index (κ2) is 6.16. The molecule has 21 heavy (non-hydrogen) atoms. The molecule has 2 aliphatic rings. The van der Waals surface area contributed by atoms with Gasteiger partial charge in [-0.25, -0.2) is 0 Å². The van der Waals surface area contributed by atoms with Crippen LogP contribution >= 0.6 is 0 Å². The molecule has 0 amide bonds. The van der Waals surface area contributed by atoms with Gasteiger partial charge in [0.25, 0.3) is 0 Å². The minimum absolute atomic E-state index is 0.0476. The summed E-state index contributed by atoms with van der Waals surface area (Å²) in [4.78, 5) is 13.1. The van der Waals surface area contributed by atoms with Crippen LogP contribution in [0.4, 0.5) is 0 Å². The predicted octanol–water partition coefficient (Wildman–Crippen LogP) is 2.78. The SMILES string of the molecule is CCOC1(C(=O)c2cccc3c2OCCC3)CCOCC1. The summed E-state index contributed by atoms with van der Waals surface area (Å²) in [6.07, 6.45) is 3.21. The molecule has 1 aromatic carbocycles. The molecule has 0 saturated carbocycles. The summed E-state index contributed by atoms with van der Waals surface area (Å²) >= 11 is 0. The molecule has 0 aromatic heterocycles. The number of hydrogen-bond acceptors (Lipinski definition) is 4. The zero-order valence-corrected chi connectivity index (χ0v) is 12.5. The Morgan fingerprint density at radius 3 is 2.86 bits per heavy atom. The van der Waals surface area contributed by atoms with Gasteiger partial charge in [0.05, 0.1) is 12.2 Å². The van der Waals surface area contributed by atoms with Gasteiger partial charge in [-0.3, -0.25) is 4.79 Å². The summed E-state index contributed by atoms with van der Waals surface area (Å²) in [5, 5.41) is 0. The van der Waals surface area contributed by atoms with Crippen LogP contribution in [0.1, 0.15) is 42.1 Å². The molecule has 4 nitrogen and oxygen atoms in total. The molecule has 4 heteroatoms. The Kier molecular flexibility index (Phi) is 4.27. The lowest BCUT2D eigenvalue weighted by molar-refractivity contribution is -0.0823. The molecule has 0 aliphatic carbocycles. The van der Waals surface area contributed by atoms with Gasteiger partial charge in [-0.15, -0.1) is 0 Å². The third-order valence-corrected chi connectivity index (χ3v) is 4.31. The normalized spacial score (nSPS) is 20.4. The maximum atomic E-state index is 13.1. The molecule has 0 bridgehead atoms. The largest absolute Gasteiger partial charge is 0.493 e. The molecule has 0 N–H and O–H groups in total. The average Bonchev–Trinajstić information content (AvgIpc) is 2.55. The van der Waals surface area contributed by atoms with Gasteiger partial charge >= 0.3 is 0 Å². The number of para-hydroxylation sites is 1. The maximum absolute atomic E-state index is 13.1. The van der Waals surface area contributed by atoms with Gasteiger partial charge in [-0.2, -0.15) is 0 Å². The maximum Gasteiger partial charge on any atom is 0.198 e. The Hall–Kier alpha value is -1.39. The molecule has 0 spiro atoms. The Morgan fingerprint density at radius 2 is 2.10 bits per heavy atom. The average molecular weight is 290 g/mol. The van der Waals surface area contributed by atoms with E-state index < -0.39 is 5.60 Å². The lowest BCUT2D eigenvalue weighted by atomic mass is 9.84. The van der Waals surface area contributed by atoms with Gasteiger partial charge in [-0.05, 0) is 31.4 Å². The molecule has 1 saturated heterocycles. The third kappa shape index (κ3) is 2.70. The monoisotopic (exact) mass is 290 g/mol. The number of benzene rings is 1. The summed E-state index contributed by atoms with van der Waals surface area (Å²) in [7, 11) is 0. The van der Waals surface area contributed by atoms with Crippen molar-refractivity contribution in [1.29, 1.82) is 0 Å². The lowest BCUT2D eigenvalue weighted by Crippen LogP contribution is -2.46. The van der Waals surface area contributed by atoms with Crippen molar-refractivity contribution in [2.24, 2.45) is 0 Å². The zero-order chi connectivity index (χ0) is 14.7.